The molecule has 0 unspecified atom stereocenters. The van der Waals surface area contributed by atoms with Crippen molar-refractivity contribution in [2.75, 3.05) is 7.11 Å². The molecule has 84 valence electrons. The standard InChI is InChI=1S/C13H14O3/c1-8-10(14)5-4-9-6-11(15)12(16-3)7-13(8,9)2/h4-8H,1-3H3/t8-,13+/m0/s1. The Bertz CT molecular complexity index is 454. The molecule has 0 heterocycles. The Labute approximate surface area is 94.5 Å². The fourth-order valence-electron chi connectivity index (χ4n) is 2.17. The summed E-state index contributed by atoms with van der Waals surface area (Å²) < 4.78 is 5.03. The Kier molecular flexibility index (Phi) is 2.34. The highest BCUT2D eigenvalue weighted by Crippen LogP contribution is 2.44. The van der Waals surface area contributed by atoms with E-state index >= 15 is 0 Å². The Hall–Kier alpha value is -1.64. The second-order valence-electron chi connectivity index (χ2n) is 4.42. The number of hydrogen-bond acceptors (Lipinski definition) is 3. The van der Waals surface area contributed by atoms with Gasteiger partial charge < -0.3 is 4.74 Å². The summed E-state index contributed by atoms with van der Waals surface area (Å²) in [6.45, 7) is 3.83. The third-order valence-corrected chi connectivity index (χ3v) is 3.56. The molecule has 0 aromatic heterocycles. The van der Waals surface area contributed by atoms with E-state index in [0.717, 1.165) is 5.57 Å². The van der Waals surface area contributed by atoms with E-state index in [-0.39, 0.29) is 17.5 Å². The molecule has 0 fully saturated rings. The first-order chi connectivity index (χ1) is 7.49. The van der Waals surface area contributed by atoms with Crippen LogP contribution in [0.15, 0.2) is 35.6 Å². The summed E-state index contributed by atoms with van der Waals surface area (Å²) in [6, 6.07) is 0. The Morgan fingerprint density at radius 3 is 2.62 bits per heavy atom. The molecule has 0 saturated heterocycles. The van der Waals surface area contributed by atoms with Crippen LogP contribution in [0.2, 0.25) is 0 Å². The van der Waals surface area contributed by atoms with E-state index in [0.29, 0.717) is 5.76 Å². The fraction of sp³-hybridized carbons (Fsp3) is 0.385. The lowest BCUT2D eigenvalue weighted by molar-refractivity contribution is -0.121. The van der Waals surface area contributed by atoms with E-state index in [1.807, 2.05) is 13.8 Å². The van der Waals surface area contributed by atoms with Crippen LogP contribution in [0.5, 0.6) is 0 Å². The van der Waals surface area contributed by atoms with Crippen molar-refractivity contribution < 1.29 is 14.3 Å². The number of hydrogen-bond donors (Lipinski definition) is 0. The number of carbonyl (C=O) groups excluding carboxylic acids is 2. The number of ether oxygens (including phenoxy) is 1. The lowest BCUT2D eigenvalue weighted by Gasteiger charge is -2.37. The van der Waals surface area contributed by atoms with Crippen LogP contribution in [0.25, 0.3) is 0 Å². The topological polar surface area (TPSA) is 43.4 Å². The maximum Gasteiger partial charge on any atom is 0.220 e. The number of fused-ring (bicyclic) bond motifs is 1. The van der Waals surface area contributed by atoms with Gasteiger partial charge in [0.1, 0.15) is 0 Å². The van der Waals surface area contributed by atoms with Gasteiger partial charge in [-0.15, -0.1) is 0 Å². The van der Waals surface area contributed by atoms with Crippen molar-refractivity contribution in [2.45, 2.75) is 13.8 Å². The smallest absolute Gasteiger partial charge is 0.220 e. The SMILES string of the molecule is COC1=C[C@@]2(C)C(=CC1=O)C=CC(=O)[C@@H]2C. The summed E-state index contributed by atoms with van der Waals surface area (Å²) in [6.07, 6.45) is 6.58. The van der Waals surface area contributed by atoms with Gasteiger partial charge in [0.05, 0.1) is 7.11 Å². The first-order valence-electron chi connectivity index (χ1n) is 5.24. The fourth-order valence-corrected chi connectivity index (χ4v) is 2.17. The van der Waals surface area contributed by atoms with Gasteiger partial charge in [0.2, 0.25) is 5.78 Å². The van der Waals surface area contributed by atoms with Crippen LogP contribution in [0.3, 0.4) is 0 Å². The second kappa shape index (κ2) is 3.44. The molecule has 3 nitrogen and oxygen atoms in total. The van der Waals surface area contributed by atoms with Crippen molar-refractivity contribution in [2.24, 2.45) is 11.3 Å². The molecular formula is C13H14O3. The van der Waals surface area contributed by atoms with Gasteiger partial charge in [-0.3, -0.25) is 9.59 Å². The monoisotopic (exact) mass is 218 g/mol. The van der Waals surface area contributed by atoms with E-state index in [4.69, 9.17) is 4.74 Å². The van der Waals surface area contributed by atoms with Crippen molar-refractivity contribution in [3.05, 3.63) is 35.6 Å². The van der Waals surface area contributed by atoms with Gasteiger partial charge in [-0.25, -0.2) is 0 Å². The number of carbonyl (C=O) groups is 2. The average molecular weight is 218 g/mol. The van der Waals surface area contributed by atoms with Crippen LogP contribution in [-0.4, -0.2) is 18.7 Å². The molecular weight excluding hydrogens is 204 g/mol. The molecule has 0 aromatic carbocycles. The van der Waals surface area contributed by atoms with Crippen molar-refractivity contribution in [1.82, 2.24) is 0 Å². The predicted octanol–water partition coefficient (Wildman–Crippen LogP) is 1.81. The molecule has 0 bridgehead atoms. The lowest BCUT2D eigenvalue weighted by Crippen LogP contribution is -2.36. The second-order valence-corrected chi connectivity index (χ2v) is 4.42. The van der Waals surface area contributed by atoms with Crippen LogP contribution in [0, 0.1) is 11.3 Å². The zero-order valence-corrected chi connectivity index (χ0v) is 9.61. The normalized spacial score (nSPS) is 33.1. The van der Waals surface area contributed by atoms with Crippen molar-refractivity contribution in [1.29, 1.82) is 0 Å². The minimum atomic E-state index is -0.426. The minimum absolute atomic E-state index is 0.0840. The van der Waals surface area contributed by atoms with E-state index in [1.165, 1.54) is 13.2 Å². The summed E-state index contributed by atoms with van der Waals surface area (Å²) in [5.41, 5.74) is 0.454. The van der Waals surface area contributed by atoms with Gasteiger partial charge in [0.15, 0.2) is 11.5 Å². The third-order valence-electron chi connectivity index (χ3n) is 3.56. The van der Waals surface area contributed by atoms with E-state index in [9.17, 15) is 9.59 Å². The number of methoxy groups -OCH3 is 1. The van der Waals surface area contributed by atoms with Crippen LogP contribution in [0.4, 0.5) is 0 Å². The number of ketones is 2. The van der Waals surface area contributed by atoms with E-state index < -0.39 is 5.41 Å². The summed E-state index contributed by atoms with van der Waals surface area (Å²) in [4.78, 5) is 23.3. The van der Waals surface area contributed by atoms with Crippen molar-refractivity contribution >= 4 is 11.6 Å². The van der Waals surface area contributed by atoms with Crippen LogP contribution >= 0.6 is 0 Å². The van der Waals surface area contributed by atoms with Gasteiger partial charge in [-0.05, 0) is 23.8 Å². The van der Waals surface area contributed by atoms with Gasteiger partial charge in [0, 0.05) is 11.3 Å². The zero-order valence-electron chi connectivity index (χ0n) is 9.61. The number of rotatable bonds is 1. The third kappa shape index (κ3) is 1.35. The molecule has 0 spiro atoms. The molecule has 0 N–H and O–H groups in total. The number of allylic oxidation sites excluding steroid dienone is 5. The summed E-state index contributed by atoms with van der Waals surface area (Å²) in [5, 5.41) is 0. The zero-order chi connectivity index (χ0) is 11.9. The molecule has 2 aliphatic rings. The molecule has 2 rings (SSSR count). The van der Waals surface area contributed by atoms with Crippen LogP contribution in [-0.2, 0) is 14.3 Å². The van der Waals surface area contributed by atoms with Gasteiger partial charge >= 0.3 is 0 Å². The highest BCUT2D eigenvalue weighted by atomic mass is 16.5. The molecule has 0 radical (unpaired) electrons. The predicted molar refractivity (Wildman–Crippen MR) is 59.6 cm³/mol. The Morgan fingerprint density at radius 1 is 1.31 bits per heavy atom. The molecule has 2 atom stereocenters. The summed E-state index contributed by atoms with van der Waals surface area (Å²) in [7, 11) is 1.47. The van der Waals surface area contributed by atoms with E-state index in [1.54, 1.807) is 18.2 Å². The van der Waals surface area contributed by atoms with Gasteiger partial charge in [-0.1, -0.05) is 19.9 Å². The largest absolute Gasteiger partial charge is 0.493 e. The Morgan fingerprint density at radius 2 is 2.00 bits per heavy atom. The molecule has 16 heavy (non-hydrogen) atoms. The maximum atomic E-state index is 11.7. The quantitative estimate of drug-likeness (QED) is 0.674. The molecule has 0 saturated carbocycles. The van der Waals surface area contributed by atoms with E-state index in [2.05, 4.69) is 0 Å². The first kappa shape index (κ1) is 10.9. The van der Waals surface area contributed by atoms with Gasteiger partial charge in [-0.2, -0.15) is 0 Å². The molecule has 2 aliphatic carbocycles. The Balaban J connectivity index is 2.56. The highest BCUT2D eigenvalue weighted by molar-refractivity contribution is 6.06. The first-order valence-corrected chi connectivity index (χ1v) is 5.24. The van der Waals surface area contributed by atoms with Crippen LogP contribution in [0.1, 0.15) is 13.8 Å². The molecule has 3 heteroatoms. The highest BCUT2D eigenvalue weighted by Gasteiger charge is 2.41. The minimum Gasteiger partial charge on any atom is -0.493 e. The van der Waals surface area contributed by atoms with Gasteiger partial charge in [0.25, 0.3) is 0 Å². The summed E-state index contributed by atoms with van der Waals surface area (Å²) in [5.74, 6) is 0.102. The molecule has 0 aromatic rings. The van der Waals surface area contributed by atoms with Crippen molar-refractivity contribution in [3.8, 4) is 0 Å². The molecule has 0 aliphatic heterocycles. The molecule has 0 amide bonds. The van der Waals surface area contributed by atoms with Crippen LogP contribution < -0.4 is 0 Å². The maximum absolute atomic E-state index is 11.7. The average Bonchev–Trinajstić information content (AvgIpc) is 2.26. The lowest BCUT2D eigenvalue weighted by atomic mass is 9.65. The van der Waals surface area contributed by atoms with Crippen molar-refractivity contribution in [3.63, 3.8) is 0 Å². The summed E-state index contributed by atoms with van der Waals surface area (Å²) >= 11 is 0.